The van der Waals surface area contributed by atoms with E-state index in [0.717, 1.165) is 17.0 Å². The van der Waals surface area contributed by atoms with E-state index in [1.165, 1.54) is 0 Å². The molecule has 0 fully saturated rings. The average molecular weight is 270 g/mol. The summed E-state index contributed by atoms with van der Waals surface area (Å²) in [6.45, 7) is 0.704. The predicted octanol–water partition coefficient (Wildman–Crippen LogP) is 2.43. The van der Waals surface area contributed by atoms with Crippen LogP contribution < -0.4 is 9.64 Å². The van der Waals surface area contributed by atoms with Crippen LogP contribution in [0.15, 0.2) is 12.1 Å². The van der Waals surface area contributed by atoms with E-state index < -0.39 is 5.97 Å². The van der Waals surface area contributed by atoms with Crippen LogP contribution in [0.5, 0.6) is 5.75 Å². The maximum Gasteiger partial charge on any atom is 0.303 e. The van der Waals surface area contributed by atoms with Gasteiger partial charge in [-0.2, -0.15) is 0 Å². The van der Waals surface area contributed by atoms with Gasteiger partial charge in [-0.1, -0.05) is 11.6 Å². The van der Waals surface area contributed by atoms with Crippen LogP contribution >= 0.6 is 11.6 Å². The quantitative estimate of drug-likeness (QED) is 0.916. The van der Waals surface area contributed by atoms with Gasteiger partial charge in [0.1, 0.15) is 5.75 Å². The predicted molar refractivity (Wildman–Crippen MR) is 70.7 cm³/mol. The zero-order valence-electron chi connectivity index (χ0n) is 10.4. The first-order valence-electron chi connectivity index (χ1n) is 5.81. The highest BCUT2D eigenvalue weighted by Gasteiger charge is 2.28. The van der Waals surface area contributed by atoms with Crippen LogP contribution in [0.3, 0.4) is 0 Å². The lowest BCUT2D eigenvalue weighted by Crippen LogP contribution is -2.33. The second-order valence-corrected chi connectivity index (χ2v) is 5.03. The average Bonchev–Trinajstić information content (AvgIpc) is 2.29. The Hall–Kier alpha value is -1.42. The molecule has 18 heavy (non-hydrogen) atoms. The number of methoxy groups -OCH3 is 1. The van der Waals surface area contributed by atoms with E-state index in [1.54, 1.807) is 13.2 Å². The Kier molecular flexibility index (Phi) is 3.66. The molecule has 0 saturated carbocycles. The Morgan fingerprint density at radius 2 is 2.33 bits per heavy atom. The topological polar surface area (TPSA) is 49.8 Å². The molecule has 1 unspecified atom stereocenters. The molecular formula is C13H16ClNO3. The minimum Gasteiger partial charge on any atom is -0.495 e. The van der Waals surface area contributed by atoms with Crippen LogP contribution in [0, 0.1) is 5.92 Å². The summed E-state index contributed by atoms with van der Waals surface area (Å²) in [6, 6.07) is 3.64. The highest BCUT2D eigenvalue weighted by atomic mass is 35.5. The fourth-order valence-electron chi connectivity index (χ4n) is 2.58. The first-order chi connectivity index (χ1) is 8.52. The molecule has 0 aliphatic carbocycles. The summed E-state index contributed by atoms with van der Waals surface area (Å²) in [5.74, 6) is 0.103. The van der Waals surface area contributed by atoms with Crippen LogP contribution in [0.1, 0.15) is 12.0 Å². The van der Waals surface area contributed by atoms with Gasteiger partial charge in [0.05, 0.1) is 19.2 Å². The van der Waals surface area contributed by atoms with E-state index >= 15 is 0 Å². The van der Waals surface area contributed by atoms with Gasteiger partial charge in [0.15, 0.2) is 0 Å². The summed E-state index contributed by atoms with van der Waals surface area (Å²) in [7, 11) is 3.56. The Labute approximate surface area is 111 Å². The standard InChI is InChI=1S/C13H16ClNO3/c1-15-7-8(6-12(16)17)5-9-10(14)3-4-11(18-2)13(9)15/h3-4,8H,5-7H2,1-2H3,(H,16,17). The third kappa shape index (κ3) is 2.38. The normalized spacial score (nSPS) is 18.4. The lowest BCUT2D eigenvalue weighted by molar-refractivity contribution is -0.138. The monoisotopic (exact) mass is 269 g/mol. The van der Waals surface area contributed by atoms with Crippen molar-refractivity contribution in [2.45, 2.75) is 12.8 Å². The Morgan fingerprint density at radius 3 is 2.94 bits per heavy atom. The number of hydrogen-bond donors (Lipinski definition) is 1. The number of nitrogens with zero attached hydrogens (tertiary/aromatic N) is 1. The number of carboxylic acid groups (broad SMARTS) is 1. The van der Waals surface area contributed by atoms with Crippen molar-refractivity contribution in [3.8, 4) is 5.75 Å². The van der Waals surface area contributed by atoms with E-state index in [-0.39, 0.29) is 12.3 Å². The van der Waals surface area contributed by atoms with E-state index in [2.05, 4.69) is 0 Å². The summed E-state index contributed by atoms with van der Waals surface area (Å²) in [4.78, 5) is 12.8. The van der Waals surface area contributed by atoms with Gasteiger partial charge < -0.3 is 14.7 Å². The van der Waals surface area contributed by atoms with Gasteiger partial charge in [0, 0.05) is 18.6 Å². The molecule has 0 bridgehead atoms. The number of aliphatic carboxylic acids is 1. The Bertz CT molecular complexity index is 476. The van der Waals surface area contributed by atoms with Crippen LogP contribution in [-0.4, -0.2) is 31.8 Å². The Balaban J connectivity index is 2.38. The molecule has 98 valence electrons. The third-order valence-corrected chi connectivity index (χ3v) is 3.63. The highest BCUT2D eigenvalue weighted by Crippen LogP contribution is 2.41. The molecule has 1 heterocycles. The molecule has 1 aliphatic rings. The molecule has 0 spiro atoms. The minimum absolute atomic E-state index is 0.0876. The lowest BCUT2D eigenvalue weighted by atomic mass is 9.90. The van der Waals surface area contributed by atoms with Crippen molar-refractivity contribution in [1.29, 1.82) is 0 Å². The summed E-state index contributed by atoms with van der Waals surface area (Å²) >= 11 is 6.21. The van der Waals surface area contributed by atoms with Crippen molar-refractivity contribution in [3.05, 3.63) is 22.7 Å². The largest absolute Gasteiger partial charge is 0.495 e. The van der Waals surface area contributed by atoms with E-state index in [4.69, 9.17) is 21.4 Å². The van der Waals surface area contributed by atoms with Gasteiger partial charge in [-0.3, -0.25) is 4.79 Å². The summed E-state index contributed by atoms with van der Waals surface area (Å²) in [5, 5.41) is 9.57. The number of ether oxygens (including phenoxy) is 1. The van der Waals surface area contributed by atoms with Crippen LogP contribution in [0.2, 0.25) is 5.02 Å². The van der Waals surface area contributed by atoms with Gasteiger partial charge in [0.2, 0.25) is 0 Å². The number of carboxylic acids is 1. The number of carbonyl (C=O) groups is 1. The van der Waals surface area contributed by atoms with E-state index in [0.29, 0.717) is 18.0 Å². The first kappa shape index (κ1) is 13.0. The summed E-state index contributed by atoms with van der Waals surface area (Å²) in [5.41, 5.74) is 1.96. The molecule has 4 nitrogen and oxygen atoms in total. The molecule has 1 N–H and O–H groups in total. The van der Waals surface area contributed by atoms with Gasteiger partial charge in [-0.25, -0.2) is 0 Å². The maximum atomic E-state index is 10.8. The van der Waals surface area contributed by atoms with E-state index in [1.807, 2.05) is 18.0 Å². The zero-order valence-corrected chi connectivity index (χ0v) is 11.2. The third-order valence-electron chi connectivity index (χ3n) is 3.28. The number of anilines is 1. The smallest absolute Gasteiger partial charge is 0.303 e. The highest BCUT2D eigenvalue weighted by molar-refractivity contribution is 6.32. The molecule has 5 heteroatoms. The van der Waals surface area contributed by atoms with Gasteiger partial charge in [-0.05, 0) is 30.0 Å². The maximum absolute atomic E-state index is 10.8. The molecule has 0 amide bonds. The van der Waals surface area contributed by atoms with Crippen molar-refractivity contribution < 1.29 is 14.6 Å². The van der Waals surface area contributed by atoms with Crippen LogP contribution in [0.25, 0.3) is 0 Å². The number of benzene rings is 1. The molecule has 0 aromatic heterocycles. The van der Waals surface area contributed by atoms with Crippen molar-refractivity contribution in [3.63, 3.8) is 0 Å². The second kappa shape index (κ2) is 5.06. The number of halogens is 1. The minimum atomic E-state index is -0.768. The number of hydrogen-bond acceptors (Lipinski definition) is 3. The van der Waals surface area contributed by atoms with Gasteiger partial charge in [-0.15, -0.1) is 0 Å². The molecule has 1 atom stereocenters. The second-order valence-electron chi connectivity index (χ2n) is 4.63. The van der Waals surface area contributed by atoms with Crippen molar-refractivity contribution >= 4 is 23.3 Å². The number of rotatable bonds is 3. The molecule has 1 aliphatic heterocycles. The SMILES string of the molecule is COc1ccc(Cl)c2c1N(C)CC(CC(=O)O)C2. The fraction of sp³-hybridized carbons (Fsp3) is 0.462. The summed E-state index contributed by atoms with van der Waals surface area (Å²) < 4.78 is 5.34. The lowest BCUT2D eigenvalue weighted by Gasteiger charge is -2.34. The Morgan fingerprint density at radius 1 is 1.61 bits per heavy atom. The van der Waals surface area contributed by atoms with Crippen molar-refractivity contribution in [2.24, 2.45) is 5.92 Å². The molecular weight excluding hydrogens is 254 g/mol. The number of fused-ring (bicyclic) bond motifs is 1. The fourth-order valence-corrected chi connectivity index (χ4v) is 2.81. The zero-order chi connectivity index (χ0) is 13.3. The van der Waals surface area contributed by atoms with Crippen molar-refractivity contribution in [2.75, 3.05) is 25.6 Å². The first-order valence-corrected chi connectivity index (χ1v) is 6.19. The molecule has 1 aromatic rings. The van der Waals surface area contributed by atoms with Crippen LogP contribution in [-0.2, 0) is 11.2 Å². The van der Waals surface area contributed by atoms with Crippen molar-refractivity contribution in [1.82, 2.24) is 0 Å². The van der Waals surface area contributed by atoms with Gasteiger partial charge in [0.25, 0.3) is 0 Å². The molecule has 0 saturated heterocycles. The molecule has 1 aromatic carbocycles. The van der Waals surface area contributed by atoms with Crippen LogP contribution in [0.4, 0.5) is 5.69 Å². The van der Waals surface area contributed by atoms with Gasteiger partial charge >= 0.3 is 5.97 Å². The summed E-state index contributed by atoms with van der Waals surface area (Å²) in [6.07, 6.45) is 0.847. The van der Waals surface area contributed by atoms with E-state index in [9.17, 15) is 4.79 Å². The molecule has 0 radical (unpaired) electrons. The molecule has 2 rings (SSSR count).